The zero-order chi connectivity index (χ0) is 11.8. The summed E-state index contributed by atoms with van der Waals surface area (Å²) < 4.78 is 29.1. The van der Waals surface area contributed by atoms with Gasteiger partial charge < -0.3 is 4.74 Å². The van der Waals surface area contributed by atoms with Crippen LogP contribution in [0.1, 0.15) is 24.7 Å². The highest BCUT2D eigenvalue weighted by Crippen LogP contribution is 2.37. The first-order valence-electron chi connectivity index (χ1n) is 4.99. The molecule has 0 spiro atoms. The lowest BCUT2D eigenvalue weighted by atomic mass is 10.4. The van der Waals surface area contributed by atoms with Crippen molar-refractivity contribution in [1.29, 1.82) is 0 Å². The summed E-state index contributed by atoms with van der Waals surface area (Å²) in [6.07, 6.45) is 2.43. The van der Waals surface area contributed by atoms with E-state index in [1.165, 1.54) is 0 Å². The molecule has 1 aliphatic carbocycles. The molecular weight excluding hydrogens is 232 g/mol. The maximum atomic E-state index is 11.3. The van der Waals surface area contributed by atoms with Crippen LogP contribution in [-0.4, -0.2) is 36.9 Å². The van der Waals surface area contributed by atoms with Crippen molar-refractivity contribution < 1.29 is 13.2 Å². The van der Waals surface area contributed by atoms with Crippen LogP contribution in [0.25, 0.3) is 0 Å². The quantitative estimate of drug-likeness (QED) is 0.751. The van der Waals surface area contributed by atoms with Crippen LogP contribution in [0.2, 0.25) is 0 Å². The molecule has 8 heteroatoms. The molecule has 0 bridgehead atoms. The maximum Gasteiger partial charge on any atom is 0.273 e. The van der Waals surface area contributed by atoms with Gasteiger partial charge in [0.25, 0.3) is 15.2 Å². The maximum absolute atomic E-state index is 11.3. The highest BCUT2D eigenvalue weighted by atomic mass is 32.2. The van der Waals surface area contributed by atoms with E-state index in [2.05, 4.69) is 10.2 Å². The predicted molar refractivity (Wildman–Crippen MR) is 55.2 cm³/mol. The van der Waals surface area contributed by atoms with Gasteiger partial charge in [0.15, 0.2) is 0 Å². The molecule has 1 heterocycles. The van der Waals surface area contributed by atoms with Crippen LogP contribution in [-0.2, 0) is 21.2 Å². The lowest BCUT2D eigenvalue weighted by molar-refractivity contribution is 0.199. The summed E-state index contributed by atoms with van der Waals surface area (Å²) in [6, 6.07) is 0.176. The van der Waals surface area contributed by atoms with Crippen molar-refractivity contribution in [3.8, 4) is 0 Å². The van der Waals surface area contributed by atoms with E-state index in [1.807, 2.05) is 0 Å². The van der Waals surface area contributed by atoms with Crippen molar-refractivity contribution in [2.75, 3.05) is 13.7 Å². The van der Waals surface area contributed by atoms with Crippen LogP contribution in [0.15, 0.2) is 5.16 Å². The lowest BCUT2D eigenvalue weighted by Crippen LogP contribution is -2.19. The molecule has 0 saturated heterocycles. The number of nitrogens with two attached hydrogens (primary N) is 1. The van der Waals surface area contributed by atoms with Crippen molar-refractivity contribution in [2.45, 2.75) is 30.5 Å². The third-order valence-electron chi connectivity index (χ3n) is 2.43. The minimum atomic E-state index is -3.79. The van der Waals surface area contributed by atoms with E-state index in [1.54, 1.807) is 11.7 Å². The molecule has 1 aromatic rings. The minimum Gasteiger partial charge on any atom is -0.384 e. The Morgan fingerprint density at radius 2 is 2.19 bits per heavy atom. The smallest absolute Gasteiger partial charge is 0.273 e. The molecule has 0 radical (unpaired) electrons. The van der Waals surface area contributed by atoms with E-state index in [0.29, 0.717) is 18.9 Å². The van der Waals surface area contributed by atoms with Crippen LogP contribution in [0.3, 0.4) is 0 Å². The van der Waals surface area contributed by atoms with Gasteiger partial charge in [-0.3, -0.25) is 4.57 Å². The normalized spacial score (nSPS) is 16.6. The number of rotatable bonds is 5. The Hall–Kier alpha value is -0.990. The van der Waals surface area contributed by atoms with E-state index in [0.717, 1.165) is 12.8 Å². The summed E-state index contributed by atoms with van der Waals surface area (Å²) in [5, 5.41) is 12.4. The second kappa shape index (κ2) is 4.11. The van der Waals surface area contributed by atoms with Crippen molar-refractivity contribution in [3.63, 3.8) is 0 Å². The molecule has 0 aliphatic heterocycles. The second-order valence-corrected chi connectivity index (χ2v) is 5.24. The second-order valence-electron chi connectivity index (χ2n) is 3.79. The number of methoxy groups -OCH3 is 1. The number of aromatic nitrogens is 3. The van der Waals surface area contributed by atoms with E-state index in [-0.39, 0.29) is 11.2 Å². The largest absolute Gasteiger partial charge is 0.384 e. The van der Waals surface area contributed by atoms with Crippen LogP contribution in [0.4, 0.5) is 0 Å². The van der Waals surface area contributed by atoms with E-state index < -0.39 is 10.0 Å². The average molecular weight is 246 g/mol. The summed E-state index contributed by atoms with van der Waals surface area (Å²) in [5.74, 6) is 0.619. The fourth-order valence-corrected chi connectivity index (χ4v) is 2.25. The zero-order valence-electron chi connectivity index (χ0n) is 8.96. The molecule has 16 heavy (non-hydrogen) atoms. The summed E-state index contributed by atoms with van der Waals surface area (Å²) in [4.78, 5) is 0. The highest BCUT2D eigenvalue weighted by molar-refractivity contribution is 7.89. The van der Waals surface area contributed by atoms with Gasteiger partial charge in [0.1, 0.15) is 5.82 Å². The Balaban J connectivity index is 2.36. The number of primary sulfonamides is 1. The Bertz CT molecular complexity index is 477. The summed E-state index contributed by atoms with van der Waals surface area (Å²) in [6.45, 7) is 0.482. The molecule has 1 aromatic heterocycles. The molecule has 0 aromatic carbocycles. The van der Waals surface area contributed by atoms with Crippen LogP contribution >= 0.6 is 0 Å². The monoisotopic (exact) mass is 246 g/mol. The zero-order valence-corrected chi connectivity index (χ0v) is 9.77. The summed E-state index contributed by atoms with van der Waals surface area (Å²) in [7, 11) is -2.21. The third kappa shape index (κ3) is 2.23. The van der Waals surface area contributed by atoms with Gasteiger partial charge in [-0.15, -0.1) is 10.2 Å². The van der Waals surface area contributed by atoms with Gasteiger partial charge in [-0.05, 0) is 12.8 Å². The van der Waals surface area contributed by atoms with Crippen molar-refractivity contribution in [3.05, 3.63) is 5.82 Å². The molecule has 1 aliphatic rings. The van der Waals surface area contributed by atoms with E-state index in [4.69, 9.17) is 9.88 Å². The molecule has 0 atom stereocenters. The number of nitrogens with zero attached hydrogens (tertiary/aromatic N) is 3. The molecule has 2 N–H and O–H groups in total. The van der Waals surface area contributed by atoms with Gasteiger partial charge in [0, 0.05) is 19.6 Å². The van der Waals surface area contributed by atoms with Gasteiger partial charge >= 0.3 is 0 Å². The van der Waals surface area contributed by atoms with Gasteiger partial charge in [-0.1, -0.05) is 0 Å². The van der Waals surface area contributed by atoms with Crippen molar-refractivity contribution in [1.82, 2.24) is 14.8 Å². The molecule has 2 rings (SSSR count). The van der Waals surface area contributed by atoms with E-state index in [9.17, 15) is 8.42 Å². The predicted octanol–water partition coefficient (Wildman–Crippen LogP) is -0.551. The number of ether oxygens (including phenoxy) is 1. The average Bonchev–Trinajstić information content (AvgIpc) is 2.94. The first-order valence-corrected chi connectivity index (χ1v) is 6.54. The number of hydrogen-bond acceptors (Lipinski definition) is 5. The van der Waals surface area contributed by atoms with Crippen LogP contribution in [0.5, 0.6) is 0 Å². The van der Waals surface area contributed by atoms with Crippen LogP contribution < -0.4 is 5.14 Å². The summed E-state index contributed by atoms with van der Waals surface area (Å²) >= 11 is 0. The third-order valence-corrected chi connectivity index (χ3v) is 3.22. The number of sulfonamides is 1. The van der Waals surface area contributed by atoms with Gasteiger partial charge in [-0.2, -0.15) is 0 Å². The first kappa shape index (κ1) is 11.5. The van der Waals surface area contributed by atoms with E-state index >= 15 is 0 Å². The summed E-state index contributed by atoms with van der Waals surface area (Å²) in [5.41, 5.74) is 0. The molecule has 1 fully saturated rings. The lowest BCUT2D eigenvalue weighted by Gasteiger charge is -2.06. The van der Waals surface area contributed by atoms with Crippen molar-refractivity contribution in [2.24, 2.45) is 5.14 Å². The van der Waals surface area contributed by atoms with Gasteiger partial charge in [0.2, 0.25) is 0 Å². The molecule has 90 valence electrons. The Morgan fingerprint density at radius 3 is 2.69 bits per heavy atom. The molecule has 0 amide bonds. The SMILES string of the molecule is COCCc1nnc(S(N)(=O)=O)n1C1CC1. The van der Waals surface area contributed by atoms with Gasteiger partial charge in [-0.25, -0.2) is 13.6 Å². The molecule has 0 unspecified atom stereocenters. The highest BCUT2D eigenvalue weighted by Gasteiger charge is 2.32. The molecule has 7 nitrogen and oxygen atoms in total. The fourth-order valence-electron chi connectivity index (χ4n) is 1.56. The van der Waals surface area contributed by atoms with Crippen LogP contribution in [0, 0.1) is 0 Å². The topological polar surface area (TPSA) is 100 Å². The Morgan fingerprint density at radius 1 is 1.50 bits per heavy atom. The molecule has 1 saturated carbocycles. The standard InChI is InChI=1S/C8H14N4O3S/c1-15-5-4-7-10-11-8(16(9,13)14)12(7)6-2-3-6/h6H,2-5H2,1H3,(H2,9,13,14). The molecular formula is C8H14N4O3S. The minimum absolute atomic E-state index is 0.138. The fraction of sp³-hybridized carbons (Fsp3) is 0.750. The Kier molecular flexibility index (Phi) is 2.96. The number of hydrogen-bond donors (Lipinski definition) is 1. The van der Waals surface area contributed by atoms with Gasteiger partial charge in [0.05, 0.1) is 6.61 Å². The first-order chi connectivity index (χ1) is 7.54. The Labute approximate surface area is 93.7 Å². The van der Waals surface area contributed by atoms with Crippen molar-refractivity contribution >= 4 is 10.0 Å².